The molecule has 0 aromatic carbocycles. The van der Waals surface area contributed by atoms with Crippen LogP contribution in [0.2, 0.25) is 0 Å². The predicted octanol–water partition coefficient (Wildman–Crippen LogP) is 4.12. The lowest BCUT2D eigenvalue weighted by atomic mass is 10.1. The molecule has 7 heteroatoms. The van der Waals surface area contributed by atoms with E-state index in [9.17, 15) is 4.79 Å². The van der Waals surface area contributed by atoms with Crippen LogP contribution >= 0.6 is 0 Å². The van der Waals surface area contributed by atoms with E-state index >= 15 is 0 Å². The molecule has 0 spiro atoms. The largest absolute Gasteiger partial charge is 0.472 e. The zero-order valence-corrected chi connectivity index (χ0v) is 17.0. The Balaban J connectivity index is 1.57. The molecule has 0 aliphatic carbocycles. The van der Waals surface area contributed by atoms with Gasteiger partial charge in [-0.1, -0.05) is 6.07 Å². The standard InChI is InChI=1S/C23H23N5O2/c1-16(2)28-9-6-20-21(28)14-26(23(29)17-7-10-30-15-17)11-18-12-27(25-22(18)20)13-19-5-3-4-8-24-19/h3-10,12,15-16H,11,13-14H2,1-2H3. The summed E-state index contributed by atoms with van der Waals surface area (Å²) in [7, 11) is 0. The van der Waals surface area contributed by atoms with Crippen LogP contribution in [-0.4, -0.2) is 30.1 Å². The van der Waals surface area contributed by atoms with Crippen LogP contribution in [0.25, 0.3) is 11.3 Å². The van der Waals surface area contributed by atoms with E-state index < -0.39 is 0 Å². The van der Waals surface area contributed by atoms with E-state index in [4.69, 9.17) is 9.52 Å². The SMILES string of the molecule is CC(C)n1ccc2c1CN(C(=O)c1ccoc1)Cc1cn(Cc3ccccn3)nc1-2. The lowest BCUT2D eigenvalue weighted by Crippen LogP contribution is -2.30. The Hall–Kier alpha value is -3.61. The van der Waals surface area contributed by atoms with Gasteiger partial charge in [-0.2, -0.15) is 5.10 Å². The topological polar surface area (TPSA) is 69.1 Å². The van der Waals surface area contributed by atoms with E-state index in [1.807, 2.05) is 34.0 Å². The molecule has 152 valence electrons. The number of nitrogens with zero attached hydrogens (tertiary/aromatic N) is 5. The number of rotatable bonds is 4. The maximum absolute atomic E-state index is 13.2. The number of aromatic nitrogens is 4. The summed E-state index contributed by atoms with van der Waals surface area (Å²) in [6.45, 7) is 5.90. The second-order valence-corrected chi connectivity index (χ2v) is 7.87. The molecule has 0 saturated heterocycles. The molecule has 0 bridgehead atoms. The van der Waals surface area contributed by atoms with Gasteiger partial charge in [-0.15, -0.1) is 0 Å². The van der Waals surface area contributed by atoms with Crippen molar-refractivity contribution in [1.29, 1.82) is 0 Å². The van der Waals surface area contributed by atoms with Crippen LogP contribution in [0.15, 0.2) is 65.9 Å². The minimum Gasteiger partial charge on any atom is -0.472 e. The van der Waals surface area contributed by atoms with Gasteiger partial charge in [0.1, 0.15) is 6.26 Å². The van der Waals surface area contributed by atoms with Crippen LogP contribution in [-0.2, 0) is 19.6 Å². The third-order valence-corrected chi connectivity index (χ3v) is 5.48. The minimum absolute atomic E-state index is 0.0449. The number of amides is 1. The third kappa shape index (κ3) is 3.22. The molecule has 4 aromatic heterocycles. The van der Waals surface area contributed by atoms with Crippen molar-refractivity contribution in [2.24, 2.45) is 0 Å². The predicted molar refractivity (Wildman–Crippen MR) is 112 cm³/mol. The van der Waals surface area contributed by atoms with Gasteiger partial charge in [-0.3, -0.25) is 14.5 Å². The van der Waals surface area contributed by atoms with Gasteiger partial charge in [0.15, 0.2) is 0 Å². The summed E-state index contributed by atoms with van der Waals surface area (Å²) in [5.41, 5.74) is 5.65. The zero-order chi connectivity index (χ0) is 20.7. The first-order valence-corrected chi connectivity index (χ1v) is 10.1. The molecular weight excluding hydrogens is 378 g/mol. The molecule has 1 amide bonds. The summed E-state index contributed by atoms with van der Waals surface area (Å²) in [6.07, 6.45) is 8.94. The van der Waals surface area contributed by atoms with E-state index in [0.717, 1.165) is 28.2 Å². The number of hydrogen-bond donors (Lipinski definition) is 0. The van der Waals surface area contributed by atoms with Crippen LogP contribution in [0.5, 0.6) is 0 Å². The summed E-state index contributed by atoms with van der Waals surface area (Å²) in [4.78, 5) is 19.4. The number of carbonyl (C=O) groups is 1. The fourth-order valence-corrected chi connectivity index (χ4v) is 4.04. The van der Waals surface area contributed by atoms with Crippen LogP contribution in [0.1, 0.15) is 47.2 Å². The Labute approximate surface area is 174 Å². The average Bonchev–Trinajstić information content (AvgIpc) is 3.47. The second kappa shape index (κ2) is 7.33. The summed E-state index contributed by atoms with van der Waals surface area (Å²) >= 11 is 0. The van der Waals surface area contributed by atoms with Crippen molar-refractivity contribution < 1.29 is 9.21 Å². The van der Waals surface area contributed by atoms with Gasteiger partial charge in [-0.05, 0) is 38.1 Å². The number of pyridine rings is 1. The molecule has 5 heterocycles. The van der Waals surface area contributed by atoms with Gasteiger partial charge in [0.05, 0.1) is 42.8 Å². The van der Waals surface area contributed by atoms with Crippen molar-refractivity contribution in [3.8, 4) is 11.3 Å². The minimum atomic E-state index is -0.0449. The van der Waals surface area contributed by atoms with Crippen LogP contribution < -0.4 is 0 Å². The Morgan fingerprint density at radius 3 is 2.83 bits per heavy atom. The lowest BCUT2D eigenvalue weighted by molar-refractivity contribution is 0.0727. The highest BCUT2D eigenvalue weighted by Crippen LogP contribution is 2.34. The maximum atomic E-state index is 13.2. The van der Waals surface area contributed by atoms with Crippen molar-refractivity contribution in [3.05, 3.63) is 84.0 Å². The first-order valence-electron chi connectivity index (χ1n) is 10.1. The zero-order valence-electron chi connectivity index (χ0n) is 17.0. The Morgan fingerprint density at radius 1 is 1.20 bits per heavy atom. The van der Waals surface area contributed by atoms with Crippen molar-refractivity contribution in [1.82, 2.24) is 24.2 Å². The van der Waals surface area contributed by atoms with E-state index in [2.05, 4.69) is 35.7 Å². The molecular formula is C23H23N5O2. The Bertz CT molecular complexity index is 1170. The van der Waals surface area contributed by atoms with E-state index in [1.54, 1.807) is 12.3 Å². The molecule has 0 unspecified atom stereocenters. The molecule has 5 rings (SSSR count). The number of carbonyl (C=O) groups excluding carboxylic acids is 1. The van der Waals surface area contributed by atoms with Crippen molar-refractivity contribution in [3.63, 3.8) is 0 Å². The summed E-state index contributed by atoms with van der Waals surface area (Å²) in [6, 6.07) is 9.98. The lowest BCUT2D eigenvalue weighted by Gasteiger charge is -2.22. The van der Waals surface area contributed by atoms with E-state index in [1.165, 1.54) is 12.5 Å². The van der Waals surface area contributed by atoms with Crippen molar-refractivity contribution in [2.45, 2.75) is 39.5 Å². The molecule has 0 fully saturated rings. The quantitative estimate of drug-likeness (QED) is 0.516. The molecule has 4 aromatic rings. The summed E-state index contributed by atoms with van der Waals surface area (Å²) in [5, 5.41) is 4.88. The van der Waals surface area contributed by atoms with Gasteiger partial charge in [0.2, 0.25) is 0 Å². The van der Waals surface area contributed by atoms with Crippen molar-refractivity contribution in [2.75, 3.05) is 0 Å². The van der Waals surface area contributed by atoms with Crippen molar-refractivity contribution >= 4 is 5.91 Å². The maximum Gasteiger partial charge on any atom is 0.257 e. The van der Waals surface area contributed by atoms with E-state index in [0.29, 0.717) is 25.2 Å². The normalized spacial score (nSPS) is 13.2. The van der Waals surface area contributed by atoms with Crippen LogP contribution in [0, 0.1) is 0 Å². The second-order valence-electron chi connectivity index (χ2n) is 7.87. The van der Waals surface area contributed by atoms with Gasteiger partial charge in [0, 0.05) is 41.5 Å². The molecule has 0 N–H and O–H groups in total. The average molecular weight is 401 g/mol. The van der Waals surface area contributed by atoms with Gasteiger partial charge >= 0.3 is 0 Å². The molecule has 30 heavy (non-hydrogen) atoms. The smallest absolute Gasteiger partial charge is 0.257 e. The first-order chi connectivity index (χ1) is 14.6. The fourth-order valence-electron chi connectivity index (χ4n) is 4.04. The van der Waals surface area contributed by atoms with Gasteiger partial charge in [-0.25, -0.2) is 0 Å². The summed E-state index contributed by atoms with van der Waals surface area (Å²) in [5.74, 6) is -0.0449. The molecule has 0 saturated carbocycles. The number of hydrogen-bond acceptors (Lipinski definition) is 4. The highest BCUT2D eigenvalue weighted by atomic mass is 16.3. The van der Waals surface area contributed by atoms with Crippen LogP contribution in [0.4, 0.5) is 0 Å². The highest BCUT2D eigenvalue weighted by Gasteiger charge is 2.29. The number of fused-ring (bicyclic) bond motifs is 3. The third-order valence-electron chi connectivity index (χ3n) is 5.48. The molecule has 7 nitrogen and oxygen atoms in total. The number of furan rings is 1. The van der Waals surface area contributed by atoms with E-state index in [-0.39, 0.29) is 11.9 Å². The van der Waals surface area contributed by atoms with Crippen LogP contribution in [0.3, 0.4) is 0 Å². The molecule has 0 radical (unpaired) electrons. The Morgan fingerprint density at radius 2 is 2.10 bits per heavy atom. The molecule has 1 aliphatic heterocycles. The fraction of sp³-hybridized carbons (Fsp3) is 0.261. The monoisotopic (exact) mass is 401 g/mol. The molecule has 1 aliphatic rings. The molecule has 0 atom stereocenters. The highest BCUT2D eigenvalue weighted by molar-refractivity contribution is 5.94. The summed E-state index contributed by atoms with van der Waals surface area (Å²) < 4.78 is 9.27. The van der Waals surface area contributed by atoms with Gasteiger partial charge in [0.25, 0.3) is 5.91 Å². The van der Waals surface area contributed by atoms with Gasteiger partial charge < -0.3 is 13.9 Å². The Kier molecular flexibility index (Phi) is 4.50. The first kappa shape index (κ1) is 18.4.